The van der Waals surface area contributed by atoms with E-state index in [-0.39, 0.29) is 5.41 Å². The fraction of sp³-hybridized carbons (Fsp3) is 1.00. The first kappa shape index (κ1) is 10.0. The number of rotatable bonds is 0. The Balaban J connectivity index is 2.46. The molecule has 0 radical (unpaired) electrons. The lowest BCUT2D eigenvalue weighted by Crippen LogP contribution is -2.36. The van der Waals surface area contributed by atoms with Crippen LogP contribution in [0.2, 0.25) is 0 Å². The molecule has 2 unspecified atom stereocenters. The molecule has 0 saturated carbocycles. The van der Waals surface area contributed by atoms with Gasteiger partial charge in [-0.05, 0) is 17.9 Å². The Hall–Kier alpha value is -0.0800. The Labute approximate surface area is 75.7 Å². The summed E-state index contributed by atoms with van der Waals surface area (Å²) >= 11 is 0. The van der Waals surface area contributed by atoms with Gasteiger partial charge in [0.2, 0.25) is 0 Å². The molecule has 1 heterocycles. The molecule has 0 aromatic heterocycles. The number of hydrogen-bond donors (Lipinski definition) is 1. The van der Waals surface area contributed by atoms with Crippen LogP contribution in [0.25, 0.3) is 0 Å². The van der Waals surface area contributed by atoms with E-state index >= 15 is 0 Å². The van der Waals surface area contributed by atoms with Crippen LogP contribution in [0, 0.1) is 11.3 Å². The van der Waals surface area contributed by atoms with E-state index in [1.807, 2.05) is 0 Å². The van der Waals surface area contributed by atoms with E-state index in [4.69, 9.17) is 4.74 Å². The van der Waals surface area contributed by atoms with Gasteiger partial charge in [-0.25, -0.2) is 0 Å². The first-order valence-corrected chi connectivity index (χ1v) is 4.82. The standard InChI is InChI=1S/C10H21NO/c1-8-5-11-6-9(12-7-8)10(2,3)4/h8-9,11H,5-7H2,1-4H3. The van der Waals surface area contributed by atoms with Gasteiger partial charge in [-0.3, -0.25) is 0 Å². The van der Waals surface area contributed by atoms with Gasteiger partial charge >= 0.3 is 0 Å². The van der Waals surface area contributed by atoms with Crippen LogP contribution in [0.15, 0.2) is 0 Å². The van der Waals surface area contributed by atoms with Crippen LogP contribution in [-0.2, 0) is 4.74 Å². The number of ether oxygens (including phenoxy) is 1. The number of nitrogens with one attached hydrogen (secondary N) is 1. The first-order valence-electron chi connectivity index (χ1n) is 4.82. The molecule has 2 atom stereocenters. The SMILES string of the molecule is CC1CNCC(C(C)(C)C)OC1. The predicted molar refractivity (Wildman–Crippen MR) is 51.2 cm³/mol. The molecule has 12 heavy (non-hydrogen) atoms. The second kappa shape index (κ2) is 3.75. The van der Waals surface area contributed by atoms with Gasteiger partial charge in [0.1, 0.15) is 0 Å². The van der Waals surface area contributed by atoms with Crippen molar-refractivity contribution in [1.29, 1.82) is 0 Å². The van der Waals surface area contributed by atoms with Crippen LogP contribution >= 0.6 is 0 Å². The summed E-state index contributed by atoms with van der Waals surface area (Å²) in [6, 6.07) is 0. The average molecular weight is 171 g/mol. The van der Waals surface area contributed by atoms with Crippen LogP contribution in [0.1, 0.15) is 27.7 Å². The van der Waals surface area contributed by atoms with Gasteiger partial charge in [0, 0.05) is 6.54 Å². The van der Waals surface area contributed by atoms with Crippen LogP contribution < -0.4 is 5.32 Å². The highest BCUT2D eigenvalue weighted by Crippen LogP contribution is 2.23. The molecule has 2 nitrogen and oxygen atoms in total. The van der Waals surface area contributed by atoms with E-state index in [2.05, 4.69) is 33.0 Å². The molecule has 0 amide bonds. The summed E-state index contributed by atoms with van der Waals surface area (Å²) in [5, 5.41) is 3.43. The van der Waals surface area contributed by atoms with Crippen LogP contribution in [0.5, 0.6) is 0 Å². The molecule has 1 aliphatic heterocycles. The van der Waals surface area contributed by atoms with Crippen molar-refractivity contribution >= 4 is 0 Å². The summed E-state index contributed by atoms with van der Waals surface area (Å²) in [6.45, 7) is 11.9. The zero-order valence-electron chi connectivity index (χ0n) is 8.68. The molecule has 1 fully saturated rings. The summed E-state index contributed by atoms with van der Waals surface area (Å²) in [5.74, 6) is 0.650. The van der Waals surface area contributed by atoms with Crippen molar-refractivity contribution in [3.63, 3.8) is 0 Å². The minimum absolute atomic E-state index is 0.261. The zero-order valence-corrected chi connectivity index (χ0v) is 8.68. The maximum Gasteiger partial charge on any atom is 0.0747 e. The summed E-state index contributed by atoms with van der Waals surface area (Å²) in [6.07, 6.45) is 0.363. The van der Waals surface area contributed by atoms with Gasteiger partial charge in [-0.2, -0.15) is 0 Å². The average Bonchev–Trinajstić information content (AvgIpc) is 2.11. The van der Waals surface area contributed by atoms with Gasteiger partial charge in [0.05, 0.1) is 12.7 Å². The normalized spacial score (nSPS) is 33.0. The van der Waals surface area contributed by atoms with E-state index in [9.17, 15) is 0 Å². The zero-order chi connectivity index (χ0) is 9.19. The maximum atomic E-state index is 5.82. The van der Waals surface area contributed by atoms with Crippen molar-refractivity contribution in [3.05, 3.63) is 0 Å². The summed E-state index contributed by atoms with van der Waals surface area (Å²) in [4.78, 5) is 0. The van der Waals surface area contributed by atoms with Gasteiger partial charge in [0.25, 0.3) is 0 Å². The smallest absolute Gasteiger partial charge is 0.0747 e. The molecule has 2 heteroatoms. The van der Waals surface area contributed by atoms with E-state index in [0.29, 0.717) is 12.0 Å². The van der Waals surface area contributed by atoms with E-state index < -0.39 is 0 Å². The Morgan fingerprint density at radius 3 is 2.50 bits per heavy atom. The maximum absolute atomic E-state index is 5.82. The fourth-order valence-electron chi connectivity index (χ4n) is 1.42. The van der Waals surface area contributed by atoms with E-state index in [0.717, 1.165) is 19.7 Å². The third-order valence-electron chi connectivity index (χ3n) is 2.37. The molecule has 0 aliphatic carbocycles. The lowest BCUT2D eigenvalue weighted by Gasteiger charge is -2.29. The lowest BCUT2D eigenvalue weighted by atomic mass is 9.89. The second-order valence-electron chi connectivity index (χ2n) is 4.95. The van der Waals surface area contributed by atoms with Crippen LogP contribution in [-0.4, -0.2) is 25.8 Å². The molecule has 1 aliphatic rings. The third-order valence-corrected chi connectivity index (χ3v) is 2.37. The largest absolute Gasteiger partial charge is 0.376 e. The predicted octanol–water partition coefficient (Wildman–Crippen LogP) is 1.66. The number of hydrogen-bond acceptors (Lipinski definition) is 2. The monoisotopic (exact) mass is 171 g/mol. The summed E-state index contributed by atoms with van der Waals surface area (Å²) in [5.41, 5.74) is 0.261. The van der Waals surface area contributed by atoms with Crippen molar-refractivity contribution in [2.45, 2.75) is 33.8 Å². The minimum Gasteiger partial charge on any atom is -0.376 e. The minimum atomic E-state index is 0.261. The van der Waals surface area contributed by atoms with Crippen molar-refractivity contribution in [2.75, 3.05) is 19.7 Å². The molecule has 72 valence electrons. The van der Waals surface area contributed by atoms with E-state index in [1.165, 1.54) is 0 Å². The Morgan fingerprint density at radius 1 is 1.25 bits per heavy atom. The quantitative estimate of drug-likeness (QED) is 0.598. The van der Waals surface area contributed by atoms with Gasteiger partial charge in [0.15, 0.2) is 0 Å². The Morgan fingerprint density at radius 2 is 1.92 bits per heavy atom. The van der Waals surface area contributed by atoms with Crippen LogP contribution in [0.3, 0.4) is 0 Å². The molecule has 1 N–H and O–H groups in total. The van der Waals surface area contributed by atoms with Crippen molar-refractivity contribution in [1.82, 2.24) is 5.32 Å². The third kappa shape index (κ3) is 2.76. The van der Waals surface area contributed by atoms with E-state index in [1.54, 1.807) is 0 Å². The summed E-state index contributed by atoms with van der Waals surface area (Å²) < 4.78 is 5.82. The van der Waals surface area contributed by atoms with Gasteiger partial charge < -0.3 is 10.1 Å². The molecule has 0 aromatic rings. The molecule has 1 rings (SSSR count). The van der Waals surface area contributed by atoms with Crippen LogP contribution in [0.4, 0.5) is 0 Å². The molecule has 1 saturated heterocycles. The Kier molecular flexibility index (Phi) is 3.13. The molecule has 0 bridgehead atoms. The van der Waals surface area contributed by atoms with Crippen molar-refractivity contribution < 1.29 is 4.74 Å². The van der Waals surface area contributed by atoms with Crippen molar-refractivity contribution in [2.24, 2.45) is 11.3 Å². The van der Waals surface area contributed by atoms with Gasteiger partial charge in [-0.1, -0.05) is 27.7 Å². The lowest BCUT2D eigenvalue weighted by molar-refractivity contribution is -0.0149. The van der Waals surface area contributed by atoms with Gasteiger partial charge in [-0.15, -0.1) is 0 Å². The first-order chi connectivity index (χ1) is 5.50. The van der Waals surface area contributed by atoms with Crippen molar-refractivity contribution in [3.8, 4) is 0 Å². The summed E-state index contributed by atoms with van der Waals surface area (Å²) in [7, 11) is 0. The molecule has 0 spiro atoms. The highest BCUT2D eigenvalue weighted by molar-refractivity contribution is 4.79. The molecular formula is C10H21NO. The topological polar surface area (TPSA) is 21.3 Å². The highest BCUT2D eigenvalue weighted by Gasteiger charge is 2.27. The molecular weight excluding hydrogens is 150 g/mol. The Bertz CT molecular complexity index is 139. The molecule has 0 aromatic carbocycles. The fourth-order valence-corrected chi connectivity index (χ4v) is 1.42. The second-order valence-corrected chi connectivity index (χ2v) is 4.95. The highest BCUT2D eigenvalue weighted by atomic mass is 16.5.